The van der Waals surface area contributed by atoms with E-state index in [4.69, 9.17) is 11.9 Å². The van der Waals surface area contributed by atoms with Crippen molar-refractivity contribution in [2.75, 3.05) is 0 Å². The van der Waals surface area contributed by atoms with Crippen molar-refractivity contribution in [2.45, 2.75) is 6.61 Å². The SMILES string of the molecule is Cn1c(COCl)nnc1-c1cn(-c2ccccc2)cn1. The number of nitrogens with zero attached hydrogens (tertiary/aromatic N) is 5. The fraction of sp³-hybridized carbons (Fsp3) is 0.154. The lowest BCUT2D eigenvalue weighted by atomic mass is 10.3. The molecule has 0 spiro atoms. The molecule has 0 atom stereocenters. The van der Waals surface area contributed by atoms with Gasteiger partial charge in [0.15, 0.2) is 11.6 Å². The number of aromatic nitrogens is 5. The van der Waals surface area contributed by atoms with Gasteiger partial charge < -0.3 is 9.13 Å². The Morgan fingerprint density at radius 2 is 2.00 bits per heavy atom. The van der Waals surface area contributed by atoms with Crippen molar-refractivity contribution >= 4 is 11.9 Å². The van der Waals surface area contributed by atoms with Crippen LogP contribution in [0.25, 0.3) is 17.2 Å². The summed E-state index contributed by atoms with van der Waals surface area (Å²) in [7, 11) is 1.85. The Bertz CT molecular complexity index is 707. The van der Waals surface area contributed by atoms with Crippen LogP contribution < -0.4 is 0 Å². The predicted molar refractivity (Wildman–Crippen MR) is 74.2 cm³/mol. The fourth-order valence-electron chi connectivity index (χ4n) is 1.94. The van der Waals surface area contributed by atoms with Crippen molar-refractivity contribution < 1.29 is 4.29 Å². The minimum Gasteiger partial charge on any atom is -0.311 e. The standard InChI is InChI=1S/C13H12ClN5O/c1-18-12(8-20-14)16-17-13(18)11-7-19(9-15-11)10-5-3-2-4-6-10/h2-7,9H,8H2,1H3. The Kier molecular flexibility index (Phi) is 3.49. The second-order valence-corrected chi connectivity index (χ2v) is 4.47. The molecule has 6 nitrogen and oxygen atoms in total. The molecule has 1 aromatic carbocycles. The van der Waals surface area contributed by atoms with E-state index >= 15 is 0 Å². The average molecular weight is 290 g/mol. The molecule has 0 unspecified atom stereocenters. The van der Waals surface area contributed by atoms with Gasteiger partial charge in [-0.2, -0.15) is 0 Å². The van der Waals surface area contributed by atoms with Gasteiger partial charge in [0.05, 0.1) is 11.9 Å². The number of para-hydroxylation sites is 1. The third-order valence-corrected chi connectivity index (χ3v) is 3.12. The van der Waals surface area contributed by atoms with E-state index in [1.54, 1.807) is 10.9 Å². The van der Waals surface area contributed by atoms with E-state index < -0.39 is 0 Å². The summed E-state index contributed by atoms with van der Waals surface area (Å²) in [5.74, 6) is 1.31. The largest absolute Gasteiger partial charge is 0.311 e. The highest BCUT2D eigenvalue weighted by Gasteiger charge is 2.13. The van der Waals surface area contributed by atoms with Crippen LogP contribution in [-0.4, -0.2) is 24.3 Å². The van der Waals surface area contributed by atoms with Crippen LogP contribution in [0.1, 0.15) is 5.82 Å². The second kappa shape index (κ2) is 5.44. The summed E-state index contributed by atoms with van der Waals surface area (Å²) in [4.78, 5) is 4.36. The molecular weight excluding hydrogens is 278 g/mol. The summed E-state index contributed by atoms with van der Waals surface area (Å²) in [5.41, 5.74) is 1.78. The van der Waals surface area contributed by atoms with Gasteiger partial charge in [-0.15, -0.1) is 10.2 Å². The molecule has 0 saturated heterocycles. The molecule has 0 fully saturated rings. The molecule has 0 radical (unpaired) electrons. The van der Waals surface area contributed by atoms with Gasteiger partial charge in [0.1, 0.15) is 18.6 Å². The number of rotatable bonds is 4. The highest BCUT2D eigenvalue weighted by atomic mass is 35.5. The van der Waals surface area contributed by atoms with Crippen molar-refractivity contribution in [3.05, 3.63) is 48.7 Å². The molecule has 0 N–H and O–H groups in total. The van der Waals surface area contributed by atoms with Gasteiger partial charge in [-0.05, 0) is 12.1 Å². The van der Waals surface area contributed by atoms with E-state index in [9.17, 15) is 0 Å². The quantitative estimate of drug-likeness (QED) is 0.740. The molecule has 3 aromatic rings. The first kappa shape index (κ1) is 12.8. The smallest absolute Gasteiger partial charge is 0.184 e. The van der Waals surface area contributed by atoms with Gasteiger partial charge in [0, 0.05) is 18.9 Å². The van der Waals surface area contributed by atoms with Gasteiger partial charge in [0.25, 0.3) is 0 Å². The van der Waals surface area contributed by atoms with Crippen molar-refractivity contribution in [1.29, 1.82) is 0 Å². The molecule has 102 valence electrons. The number of imidazole rings is 1. The molecule has 0 aliphatic carbocycles. The van der Waals surface area contributed by atoms with E-state index in [1.165, 1.54) is 0 Å². The number of hydrogen-bond acceptors (Lipinski definition) is 4. The molecule has 0 saturated carbocycles. The zero-order valence-corrected chi connectivity index (χ0v) is 11.5. The third-order valence-electron chi connectivity index (χ3n) is 3.01. The van der Waals surface area contributed by atoms with Gasteiger partial charge in [-0.25, -0.2) is 4.98 Å². The van der Waals surface area contributed by atoms with E-state index in [1.807, 2.05) is 48.1 Å². The summed E-state index contributed by atoms with van der Waals surface area (Å²) in [6.45, 7) is 0.199. The molecule has 0 aliphatic heterocycles. The van der Waals surface area contributed by atoms with Crippen LogP contribution in [0.5, 0.6) is 0 Å². The third kappa shape index (κ3) is 2.31. The highest BCUT2D eigenvalue weighted by molar-refractivity contribution is 6.07. The minimum atomic E-state index is 0.199. The molecule has 0 aliphatic rings. The van der Waals surface area contributed by atoms with Crippen LogP contribution in [0.4, 0.5) is 0 Å². The van der Waals surface area contributed by atoms with Gasteiger partial charge in [-0.1, -0.05) is 18.2 Å². The van der Waals surface area contributed by atoms with Crippen molar-refractivity contribution in [3.8, 4) is 17.2 Å². The maximum atomic E-state index is 5.25. The van der Waals surface area contributed by atoms with E-state index in [0.29, 0.717) is 11.6 Å². The summed E-state index contributed by atoms with van der Waals surface area (Å²) in [6.07, 6.45) is 3.65. The van der Waals surface area contributed by atoms with Crippen LogP contribution in [0, 0.1) is 0 Å². The van der Waals surface area contributed by atoms with Crippen molar-refractivity contribution in [1.82, 2.24) is 24.3 Å². The summed E-state index contributed by atoms with van der Waals surface area (Å²) in [5, 5.41) is 8.13. The van der Waals surface area contributed by atoms with Crippen LogP contribution in [0.2, 0.25) is 0 Å². The Labute approximate surface area is 120 Å². The summed E-state index contributed by atoms with van der Waals surface area (Å²) >= 11 is 5.25. The Morgan fingerprint density at radius 1 is 1.20 bits per heavy atom. The van der Waals surface area contributed by atoms with E-state index in [2.05, 4.69) is 19.5 Å². The van der Waals surface area contributed by atoms with Crippen LogP contribution in [0.15, 0.2) is 42.9 Å². The molecule has 20 heavy (non-hydrogen) atoms. The van der Waals surface area contributed by atoms with E-state index in [0.717, 1.165) is 11.4 Å². The lowest BCUT2D eigenvalue weighted by Crippen LogP contribution is -1.99. The van der Waals surface area contributed by atoms with Crippen LogP contribution in [0.3, 0.4) is 0 Å². The van der Waals surface area contributed by atoms with Gasteiger partial charge in [0.2, 0.25) is 0 Å². The first-order valence-corrected chi connectivity index (χ1v) is 6.32. The van der Waals surface area contributed by atoms with E-state index in [-0.39, 0.29) is 6.61 Å². The Balaban J connectivity index is 1.94. The molecule has 3 rings (SSSR count). The Morgan fingerprint density at radius 3 is 2.75 bits per heavy atom. The molecule has 7 heteroatoms. The number of hydrogen-bond donors (Lipinski definition) is 0. The predicted octanol–water partition coefficient (Wildman–Crippen LogP) is 2.34. The molecule has 0 amide bonds. The zero-order chi connectivity index (χ0) is 13.9. The molecule has 0 bridgehead atoms. The molecule has 2 aromatic heterocycles. The first-order valence-electron chi connectivity index (χ1n) is 6.01. The van der Waals surface area contributed by atoms with Crippen LogP contribution >= 0.6 is 11.9 Å². The maximum absolute atomic E-state index is 5.25. The summed E-state index contributed by atoms with van der Waals surface area (Å²) in [6, 6.07) is 9.95. The zero-order valence-electron chi connectivity index (χ0n) is 10.8. The minimum absolute atomic E-state index is 0.199. The molecule has 2 heterocycles. The number of benzene rings is 1. The van der Waals surface area contributed by atoms with Crippen molar-refractivity contribution in [3.63, 3.8) is 0 Å². The summed E-state index contributed by atoms with van der Waals surface area (Å²) < 4.78 is 8.29. The normalized spacial score (nSPS) is 10.9. The van der Waals surface area contributed by atoms with Crippen LogP contribution in [-0.2, 0) is 17.9 Å². The molecular formula is C13H12ClN5O. The lowest BCUT2D eigenvalue weighted by Gasteiger charge is -2.01. The van der Waals surface area contributed by atoms with Crippen molar-refractivity contribution in [2.24, 2.45) is 7.05 Å². The second-order valence-electron chi connectivity index (χ2n) is 4.25. The number of halogens is 1. The lowest BCUT2D eigenvalue weighted by molar-refractivity contribution is 0.323. The van der Waals surface area contributed by atoms with Gasteiger partial charge in [-0.3, -0.25) is 4.29 Å². The highest BCUT2D eigenvalue weighted by Crippen LogP contribution is 2.17. The fourth-order valence-corrected chi connectivity index (χ4v) is 2.04. The first-order chi connectivity index (χ1) is 9.79. The van der Waals surface area contributed by atoms with Gasteiger partial charge >= 0.3 is 0 Å². The Hall–Kier alpha value is -2.18. The average Bonchev–Trinajstić information content (AvgIpc) is 3.08. The maximum Gasteiger partial charge on any atom is 0.184 e. The monoisotopic (exact) mass is 289 g/mol. The topological polar surface area (TPSA) is 57.8 Å².